The van der Waals surface area contributed by atoms with E-state index in [0.717, 1.165) is 44.5 Å². The van der Waals surface area contributed by atoms with E-state index in [4.69, 9.17) is 0 Å². The van der Waals surface area contributed by atoms with Gasteiger partial charge in [0.05, 0.1) is 33.1 Å². The number of nitrogens with zero attached hydrogens (tertiary/aromatic N) is 11. The zero-order chi connectivity index (χ0) is 106. The van der Waals surface area contributed by atoms with Crippen molar-refractivity contribution < 1.29 is 0 Å². The molecule has 0 bridgehead atoms. The molecule has 0 saturated carbocycles. The number of para-hydroxylation sites is 3. The molecule has 11 aromatic heterocycles. The second-order valence-corrected chi connectivity index (χ2v) is 29.5. The molecule has 11 aromatic carbocycles. The van der Waals surface area contributed by atoms with Crippen molar-refractivity contribution >= 4 is 119 Å². The predicted molar refractivity (Wildman–Crippen MR) is 636 cm³/mol. The molecule has 11 nitrogen and oxygen atoms in total. The fourth-order valence-corrected chi connectivity index (χ4v) is 13.4. The molecule has 11 heteroatoms. The highest BCUT2D eigenvalue weighted by molar-refractivity contribution is 5.89. The van der Waals surface area contributed by atoms with Gasteiger partial charge in [-0.3, -0.25) is 54.8 Å². The lowest BCUT2D eigenvalue weighted by atomic mass is 10.1. The van der Waals surface area contributed by atoms with Gasteiger partial charge in [-0.2, -0.15) is 0 Å². The van der Waals surface area contributed by atoms with E-state index in [1.54, 1.807) is 0 Å². The van der Waals surface area contributed by atoms with Crippen molar-refractivity contribution in [2.75, 3.05) is 0 Å². The van der Waals surface area contributed by atoms with Gasteiger partial charge in [0, 0.05) is 157 Å². The summed E-state index contributed by atoms with van der Waals surface area (Å²) < 4.78 is 0. The minimum absolute atomic E-state index is 1.07. The number of hydrogen-bond donors (Lipinski definition) is 0. The normalized spacial score (nSPS) is 9.15. The lowest BCUT2D eigenvalue weighted by Crippen LogP contribution is -1.80. The van der Waals surface area contributed by atoms with Crippen molar-refractivity contribution in [3.63, 3.8) is 0 Å². The Morgan fingerprint density at radius 3 is 1.08 bits per heavy atom. The van der Waals surface area contributed by atoms with Crippen LogP contribution in [0.2, 0.25) is 0 Å². The van der Waals surface area contributed by atoms with Gasteiger partial charge in [-0.15, -0.1) is 0 Å². The first-order valence-corrected chi connectivity index (χ1v) is 51.4. The molecule has 0 aliphatic carbocycles. The Bertz CT molecular complexity index is 6010. The molecule has 143 heavy (non-hydrogen) atoms. The average molecular weight is 1910 g/mol. The summed E-state index contributed by atoms with van der Waals surface area (Å²) in [6.45, 7) is 66.8. The van der Waals surface area contributed by atoms with Crippen LogP contribution in [0.15, 0.2) is 402 Å². The topological polar surface area (TPSA) is 142 Å². The Kier molecular flexibility index (Phi) is 68.4. The number of hydrogen-bond acceptors (Lipinski definition) is 11. The summed E-state index contributed by atoms with van der Waals surface area (Å²) in [6, 6.07) is 107. The smallest absolute Gasteiger partial charge is 0.0705 e. The average Bonchev–Trinajstić information content (AvgIpc) is 0.914. The van der Waals surface area contributed by atoms with Crippen LogP contribution < -0.4 is 0 Å². The van der Waals surface area contributed by atoms with Gasteiger partial charge in [0.25, 0.3) is 0 Å². The van der Waals surface area contributed by atoms with E-state index in [9.17, 15) is 0 Å². The van der Waals surface area contributed by atoms with Crippen molar-refractivity contribution in [2.45, 2.75) is 228 Å². The minimum atomic E-state index is 1.07. The number of fused-ring (bicyclic) bond motifs is 11. The van der Waals surface area contributed by atoms with Crippen LogP contribution in [0.4, 0.5) is 0 Å². The Morgan fingerprint density at radius 1 is 0.147 bits per heavy atom. The molecular formula is C132H165N11. The standard InChI is InChI=1S/11C10H9N.11C2H6/c1-8-4-2-6-10-9(8)5-3-7-11-10;1-8-2-3-10-7-11-5-4-9(10)6-8;1-8-2-3-9-4-5-11-7-10(9)6-8;1-8-4-5-10-9(7-8)3-2-6-11-10;1-8-4-5-9-3-2-6-11-10(9)7-8;1-8-3-2-4-9-7-11-6-5-10(8)9;1-8-6-11-7-9-4-2-3-5-10(8)9;1-8-6-9-4-2-3-5-10(9)11-7-8;1-8-10-5-3-2-4-9(10)6-7-11-8;1-8-6-7-11-10-5-3-2-4-9(8)10;1-8-6-7-9-4-2-3-5-10(9)11-8;11*1-2/h11*2-7H,1H3;11*1-2H3. The molecule has 0 aliphatic rings. The van der Waals surface area contributed by atoms with Crippen LogP contribution in [0.5, 0.6) is 0 Å². The summed E-state index contributed by atoms with van der Waals surface area (Å²) in [5.74, 6) is 0. The number of pyridine rings is 11. The Balaban J connectivity index is 0.000000771. The highest BCUT2D eigenvalue weighted by atomic mass is 14.7. The zero-order valence-corrected chi connectivity index (χ0v) is 92.5. The van der Waals surface area contributed by atoms with Gasteiger partial charge in [-0.1, -0.05) is 375 Å². The SMILES string of the molecule is CC.CC.CC.CC.CC.CC.CC.CC.CC.CC.CC.Cc1ccc2ccccc2n1.Cc1ccc2cccnc2c1.Cc1ccc2ccncc2c1.Cc1ccc2cnccc2c1.Cc1ccc2ncccc2c1.Cc1cccc2cnccc12.Cc1cccc2ncccc12.Cc1ccnc2ccccc12.Cc1cnc2ccccc2c1.Cc1cncc2ccccc12.Cc1nccc2ccccc12. The molecule has 0 fully saturated rings. The van der Waals surface area contributed by atoms with E-state index < -0.39 is 0 Å². The van der Waals surface area contributed by atoms with Crippen LogP contribution >= 0.6 is 0 Å². The monoisotopic (exact) mass is 1900 g/mol. The molecule has 11 heterocycles. The molecule has 0 aliphatic heterocycles. The highest BCUT2D eigenvalue weighted by Crippen LogP contribution is 2.23. The molecule has 0 radical (unpaired) electrons. The highest BCUT2D eigenvalue weighted by Gasteiger charge is 2.02. The summed E-state index contributed by atoms with van der Waals surface area (Å²) >= 11 is 0. The third-order valence-electron chi connectivity index (χ3n) is 19.9. The largest absolute Gasteiger partial charge is 0.264 e. The quantitative estimate of drug-likeness (QED) is 0.143. The minimum Gasteiger partial charge on any atom is -0.264 e. The molecule has 748 valence electrons. The van der Waals surface area contributed by atoms with E-state index in [0.29, 0.717) is 0 Å². The fourth-order valence-electron chi connectivity index (χ4n) is 13.4. The number of benzene rings is 11. The summed E-state index contributed by atoms with van der Waals surface area (Å²) in [4.78, 5) is 46.1. The first-order chi connectivity index (χ1) is 70.0. The zero-order valence-electron chi connectivity index (χ0n) is 92.5. The van der Waals surface area contributed by atoms with Crippen LogP contribution in [0.3, 0.4) is 0 Å². The maximum atomic E-state index is 4.38. The third-order valence-corrected chi connectivity index (χ3v) is 19.9. The molecule has 0 N–H and O–H groups in total. The van der Waals surface area contributed by atoms with Crippen molar-refractivity contribution in [1.29, 1.82) is 0 Å². The van der Waals surface area contributed by atoms with Gasteiger partial charge in [-0.25, -0.2) is 0 Å². The van der Waals surface area contributed by atoms with Gasteiger partial charge >= 0.3 is 0 Å². The van der Waals surface area contributed by atoms with E-state index in [2.05, 4.69) is 287 Å². The number of rotatable bonds is 0. The van der Waals surface area contributed by atoms with E-state index in [1.807, 2.05) is 399 Å². The van der Waals surface area contributed by atoms with Crippen LogP contribution in [0.1, 0.15) is 214 Å². The van der Waals surface area contributed by atoms with Crippen LogP contribution in [-0.4, -0.2) is 54.8 Å². The summed E-state index contributed by atoms with van der Waals surface area (Å²) in [6.07, 6.45) is 26.0. The van der Waals surface area contributed by atoms with E-state index >= 15 is 0 Å². The predicted octanol–water partition coefficient (Wildman–Crippen LogP) is 39.3. The second kappa shape index (κ2) is 77.7. The first kappa shape index (κ1) is 126. The van der Waals surface area contributed by atoms with Crippen molar-refractivity contribution in [3.8, 4) is 0 Å². The van der Waals surface area contributed by atoms with Crippen molar-refractivity contribution in [3.05, 3.63) is 464 Å². The van der Waals surface area contributed by atoms with Gasteiger partial charge in [0.1, 0.15) is 0 Å². The van der Waals surface area contributed by atoms with Gasteiger partial charge < -0.3 is 0 Å². The van der Waals surface area contributed by atoms with Gasteiger partial charge in [0.15, 0.2) is 0 Å². The Labute approximate surface area is 860 Å². The van der Waals surface area contributed by atoms with Crippen molar-refractivity contribution in [1.82, 2.24) is 54.8 Å². The lowest BCUT2D eigenvalue weighted by molar-refractivity contribution is 1.24. The van der Waals surface area contributed by atoms with Gasteiger partial charge in [0.2, 0.25) is 0 Å². The van der Waals surface area contributed by atoms with Crippen LogP contribution in [0, 0.1) is 76.2 Å². The molecule has 0 saturated heterocycles. The second-order valence-electron chi connectivity index (χ2n) is 29.5. The lowest BCUT2D eigenvalue weighted by Gasteiger charge is -1.98. The first-order valence-electron chi connectivity index (χ1n) is 51.4. The summed E-state index contributed by atoms with van der Waals surface area (Å²) in [7, 11) is 0. The third kappa shape index (κ3) is 45.0. The molecule has 22 aromatic rings. The molecule has 0 unspecified atom stereocenters. The molecular weight excluding hydrogens is 1740 g/mol. The maximum Gasteiger partial charge on any atom is 0.0705 e. The van der Waals surface area contributed by atoms with Gasteiger partial charge in [-0.05, 0) is 246 Å². The maximum absolute atomic E-state index is 4.38. The molecule has 0 spiro atoms. The molecule has 0 atom stereocenters. The van der Waals surface area contributed by atoms with Crippen LogP contribution in [-0.2, 0) is 0 Å². The summed E-state index contributed by atoms with van der Waals surface area (Å²) in [5.41, 5.74) is 20.1. The molecule has 0 amide bonds. The van der Waals surface area contributed by atoms with Crippen molar-refractivity contribution in [2.24, 2.45) is 0 Å². The summed E-state index contributed by atoms with van der Waals surface area (Å²) in [5, 5.41) is 19.8. The Hall–Kier alpha value is -15.1. The van der Waals surface area contributed by atoms with E-state index in [1.165, 1.54) is 136 Å². The van der Waals surface area contributed by atoms with Crippen LogP contribution in [0.25, 0.3) is 119 Å². The van der Waals surface area contributed by atoms with E-state index in [-0.39, 0.29) is 0 Å². The number of aryl methyl sites for hydroxylation is 11. The fraction of sp³-hybridized carbons (Fsp3) is 0.250. The number of aromatic nitrogens is 11. The molecule has 22 rings (SSSR count). The Morgan fingerprint density at radius 2 is 0.490 bits per heavy atom.